The lowest BCUT2D eigenvalue weighted by atomic mass is 9.98. The molecule has 72 valence electrons. The molecule has 0 fully saturated rings. The van der Waals surface area contributed by atoms with Crippen molar-refractivity contribution in [3.8, 4) is 0 Å². The second-order valence-electron chi connectivity index (χ2n) is 3.62. The Morgan fingerprint density at radius 2 is 1.14 bits per heavy atom. The lowest BCUT2D eigenvalue weighted by Gasteiger charge is -2.12. The first-order valence-electron chi connectivity index (χ1n) is 4.65. The molecule has 0 aromatic heterocycles. The molecule has 2 nitrogen and oxygen atoms in total. The number of rotatable bonds is 0. The van der Waals surface area contributed by atoms with E-state index in [1.165, 1.54) is 10.8 Å². The third-order valence-corrected chi connectivity index (χ3v) is 2.83. The van der Waals surface area contributed by atoms with Crippen LogP contribution in [-0.2, 0) is 0 Å². The topological polar surface area (TPSA) is 52.0 Å². The zero-order chi connectivity index (χ0) is 10.3. The number of nitrogens with two attached hydrogens (primary N) is 2. The summed E-state index contributed by atoms with van der Waals surface area (Å²) in [5.41, 5.74) is 15.4. The normalized spacial score (nSPS) is 10.7. The first-order chi connectivity index (χ1) is 6.63. The minimum absolute atomic E-state index is 0.709. The van der Waals surface area contributed by atoms with E-state index in [1.807, 2.05) is 26.0 Å². The molecule has 2 rings (SSSR count). The van der Waals surface area contributed by atoms with Crippen molar-refractivity contribution < 1.29 is 0 Å². The SMILES string of the molecule is Cc1c(N)c(N)c(C)c2ccccc12. The molecule has 0 amide bonds. The molecular formula is C12H14N2. The standard InChI is InChI=1S/C12H14N2/c1-7-9-5-3-4-6-10(9)8(2)12(14)11(7)13/h3-6H,13-14H2,1-2H3. The molecule has 2 aromatic carbocycles. The summed E-state index contributed by atoms with van der Waals surface area (Å²) in [6.07, 6.45) is 0. The van der Waals surface area contributed by atoms with Crippen molar-refractivity contribution in [2.24, 2.45) is 0 Å². The number of hydrogen-bond donors (Lipinski definition) is 2. The quantitative estimate of drug-likeness (QED) is 0.621. The summed E-state index contributed by atoms with van der Waals surface area (Å²) in [6, 6.07) is 8.19. The van der Waals surface area contributed by atoms with Crippen LogP contribution in [0.15, 0.2) is 24.3 Å². The van der Waals surface area contributed by atoms with Crippen LogP contribution in [0.5, 0.6) is 0 Å². The maximum absolute atomic E-state index is 5.92. The predicted octanol–water partition coefficient (Wildman–Crippen LogP) is 2.62. The molecule has 0 spiro atoms. The van der Waals surface area contributed by atoms with Gasteiger partial charge in [-0.05, 0) is 35.7 Å². The van der Waals surface area contributed by atoms with E-state index in [0.29, 0.717) is 11.4 Å². The van der Waals surface area contributed by atoms with Gasteiger partial charge in [-0.25, -0.2) is 0 Å². The molecule has 0 radical (unpaired) electrons. The van der Waals surface area contributed by atoms with Crippen molar-refractivity contribution >= 4 is 22.1 Å². The highest BCUT2D eigenvalue weighted by Crippen LogP contribution is 2.32. The maximum Gasteiger partial charge on any atom is 0.0586 e. The predicted molar refractivity (Wildman–Crippen MR) is 62.2 cm³/mol. The highest BCUT2D eigenvalue weighted by atomic mass is 14.7. The molecule has 0 bridgehead atoms. The fourth-order valence-electron chi connectivity index (χ4n) is 1.83. The highest BCUT2D eigenvalue weighted by Gasteiger charge is 2.08. The van der Waals surface area contributed by atoms with Crippen LogP contribution in [0, 0.1) is 13.8 Å². The van der Waals surface area contributed by atoms with Crippen molar-refractivity contribution in [2.45, 2.75) is 13.8 Å². The average Bonchev–Trinajstić information content (AvgIpc) is 2.23. The van der Waals surface area contributed by atoms with Crippen molar-refractivity contribution in [2.75, 3.05) is 11.5 Å². The number of hydrogen-bond acceptors (Lipinski definition) is 2. The average molecular weight is 186 g/mol. The molecule has 2 aromatic rings. The van der Waals surface area contributed by atoms with Gasteiger partial charge in [0.15, 0.2) is 0 Å². The molecule has 0 unspecified atom stereocenters. The third kappa shape index (κ3) is 1.04. The minimum Gasteiger partial charge on any atom is -0.397 e. The fourth-order valence-corrected chi connectivity index (χ4v) is 1.83. The van der Waals surface area contributed by atoms with Crippen molar-refractivity contribution in [3.05, 3.63) is 35.4 Å². The largest absolute Gasteiger partial charge is 0.397 e. The molecule has 0 saturated heterocycles. The zero-order valence-corrected chi connectivity index (χ0v) is 8.46. The van der Waals surface area contributed by atoms with Crippen LogP contribution < -0.4 is 11.5 Å². The lowest BCUT2D eigenvalue weighted by molar-refractivity contribution is 1.46. The zero-order valence-electron chi connectivity index (χ0n) is 8.46. The smallest absolute Gasteiger partial charge is 0.0586 e. The van der Waals surface area contributed by atoms with Crippen LogP contribution in [-0.4, -0.2) is 0 Å². The summed E-state index contributed by atoms with van der Waals surface area (Å²) < 4.78 is 0. The summed E-state index contributed by atoms with van der Waals surface area (Å²) in [5, 5.41) is 2.38. The van der Waals surface area contributed by atoms with E-state index in [-0.39, 0.29) is 0 Å². The Morgan fingerprint density at radius 3 is 1.50 bits per heavy atom. The van der Waals surface area contributed by atoms with Gasteiger partial charge in [-0.2, -0.15) is 0 Å². The summed E-state index contributed by atoms with van der Waals surface area (Å²) in [6.45, 7) is 4.01. The number of benzene rings is 2. The Labute approximate surface area is 83.5 Å². The van der Waals surface area contributed by atoms with Crippen molar-refractivity contribution in [1.82, 2.24) is 0 Å². The van der Waals surface area contributed by atoms with E-state index in [0.717, 1.165) is 11.1 Å². The number of anilines is 2. The van der Waals surface area contributed by atoms with Crippen LogP contribution >= 0.6 is 0 Å². The summed E-state index contributed by atoms with van der Waals surface area (Å²) in [5.74, 6) is 0. The van der Waals surface area contributed by atoms with Crippen molar-refractivity contribution in [1.29, 1.82) is 0 Å². The monoisotopic (exact) mass is 186 g/mol. The van der Waals surface area contributed by atoms with Crippen LogP contribution in [0.1, 0.15) is 11.1 Å². The van der Waals surface area contributed by atoms with Crippen LogP contribution in [0.4, 0.5) is 11.4 Å². The second-order valence-corrected chi connectivity index (χ2v) is 3.62. The molecule has 0 saturated carbocycles. The first-order valence-corrected chi connectivity index (χ1v) is 4.65. The minimum atomic E-state index is 0.709. The number of fused-ring (bicyclic) bond motifs is 1. The third-order valence-electron chi connectivity index (χ3n) is 2.83. The van der Waals surface area contributed by atoms with Gasteiger partial charge in [0.05, 0.1) is 11.4 Å². The van der Waals surface area contributed by atoms with E-state index in [4.69, 9.17) is 11.5 Å². The number of aryl methyl sites for hydroxylation is 2. The van der Waals surface area contributed by atoms with E-state index < -0.39 is 0 Å². The van der Waals surface area contributed by atoms with Gasteiger partial charge in [0.2, 0.25) is 0 Å². The Morgan fingerprint density at radius 1 is 0.786 bits per heavy atom. The summed E-state index contributed by atoms with van der Waals surface area (Å²) in [4.78, 5) is 0. The molecule has 2 heteroatoms. The van der Waals surface area contributed by atoms with Crippen LogP contribution in [0.3, 0.4) is 0 Å². The number of nitrogen functional groups attached to an aromatic ring is 2. The van der Waals surface area contributed by atoms with Gasteiger partial charge in [0, 0.05) is 0 Å². The van der Waals surface area contributed by atoms with E-state index in [2.05, 4.69) is 12.1 Å². The van der Waals surface area contributed by atoms with E-state index in [9.17, 15) is 0 Å². The van der Waals surface area contributed by atoms with Gasteiger partial charge < -0.3 is 11.5 Å². The molecule has 0 atom stereocenters. The molecule has 0 aliphatic carbocycles. The molecule has 0 heterocycles. The van der Waals surface area contributed by atoms with Crippen LogP contribution in [0.2, 0.25) is 0 Å². The molecule has 0 aliphatic rings. The van der Waals surface area contributed by atoms with Gasteiger partial charge in [-0.15, -0.1) is 0 Å². The van der Waals surface area contributed by atoms with Gasteiger partial charge in [-0.3, -0.25) is 0 Å². The van der Waals surface area contributed by atoms with Crippen molar-refractivity contribution in [3.63, 3.8) is 0 Å². The summed E-state index contributed by atoms with van der Waals surface area (Å²) >= 11 is 0. The summed E-state index contributed by atoms with van der Waals surface area (Å²) in [7, 11) is 0. The Kier molecular flexibility index (Phi) is 1.84. The molecule has 4 N–H and O–H groups in total. The van der Waals surface area contributed by atoms with E-state index >= 15 is 0 Å². The Bertz CT molecular complexity index is 455. The van der Waals surface area contributed by atoms with E-state index in [1.54, 1.807) is 0 Å². The highest BCUT2D eigenvalue weighted by molar-refractivity contribution is 5.98. The second kappa shape index (κ2) is 2.91. The maximum atomic E-state index is 5.92. The Balaban J connectivity index is 3.02. The lowest BCUT2D eigenvalue weighted by Crippen LogP contribution is -2.01. The van der Waals surface area contributed by atoms with Gasteiger partial charge in [-0.1, -0.05) is 24.3 Å². The first kappa shape index (κ1) is 8.88. The van der Waals surface area contributed by atoms with Crippen LogP contribution in [0.25, 0.3) is 10.8 Å². The van der Waals surface area contributed by atoms with Gasteiger partial charge >= 0.3 is 0 Å². The molecule has 14 heavy (non-hydrogen) atoms. The van der Waals surface area contributed by atoms with Gasteiger partial charge in [0.25, 0.3) is 0 Å². The Hall–Kier alpha value is -1.70. The molecule has 0 aliphatic heterocycles. The van der Waals surface area contributed by atoms with Gasteiger partial charge in [0.1, 0.15) is 0 Å². The molecular weight excluding hydrogens is 172 g/mol. The fraction of sp³-hybridized carbons (Fsp3) is 0.167.